The molecule has 0 aromatic heterocycles. The SMILES string of the molecule is CCCCOc1ccc(C2(S(C)(=O)=O)COC2)cc1. The van der Waals surface area contributed by atoms with E-state index in [-0.39, 0.29) is 13.2 Å². The van der Waals surface area contributed by atoms with E-state index in [0.717, 1.165) is 24.2 Å². The summed E-state index contributed by atoms with van der Waals surface area (Å²) in [4.78, 5) is 0. The normalized spacial score (nSPS) is 17.8. The van der Waals surface area contributed by atoms with Crippen LogP contribution in [0.25, 0.3) is 0 Å². The van der Waals surface area contributed by atoms with Gasteiger partial charge in [0.25, 0.3) is 0 Å². The van der Waals surface area contributed by atoms with Crippen molar-refractivity contribution in [2.45, 2.75) is 24.5 Å². The summed E-state index contributed by atoms with van der Waals surface area (Å²) in [7, 11) is -3.18. The molecule has 0 N–H and O–H groups in total. The molecule has 0 unspecified atom stereocenters. The summed E-state index contributed by atoms with van der Waals surface area (Å²) in [6.07, 6.45) is 3.37. The first kappa shape index (κ1) is 14.3. The quantitative estimate of drug-likeness (QED) is 0.751. The molecule has 0 spiro atoms. The van der Waals surface area contributed by atoms with E-state index < -0.39 is 14.6 Å². The zero-order chi connectivity index (χ0) is 13.9. The van der Waals surface area contributed by atoms with Crippen LogP contribution in [0.5, 0.6) is 5.75 Å². The van der Waals surface area contributed by atoms with E-state index in [0.29, 0.717) is 6.61 Å². The Hall–Kier alpha value is -1.07. The van der Waals surface area contributed by atoms with Crippen LogP contribution in [0.15, 0.2) is 24.3 Å². The molecule has 1 saturated heterocycles. The summed E-state index contributed by atoms with van der Waals surface area (Å²) < 4.78 is 33.7. The van der Waals surface area contributed by atoms with Gasteiger partial charge >= 0.3 is 0 Å². The van der Waals surface area contributed by atoms with Gasteiger partial charge < -0.3 is 9.47 Å². The van der Waals surface area contributed by atoms with E-state index in [2.05, 4.69) is 6.92 Å². The van der Waals surface area contributed by atoms with Crippen molar-refractivity contribution >= 4 is 9.84 Å². The fraction of sp³-hybridized carbons (Fsp3) is 0.571. The number of rotatable bonds is 6. The number of sulfone groups is 1. The van der Waals surface area contributed by atoms with Gasteiger partial charge in [-0.2, -0.15) is 0 Å². The number of benzene rings is 1. The molecule has 1 aliphatic rings. The molecule has 1 aromatic carbocycles. The third-order valence-electron chi connectivity index (χ3n) is 3.53. The van der Waals surface area contributed by atoms with Crippen molar-refractivity contribution in [1.29, 1.82) is 0 Å². The minimum Gasteiger partial charge on any atom is -0.494 e. The minimum atomic E-state index is -3.18. The van der Waals surface area contributed by atoms with Gasteiger partial charge in [0.1, 0.15) is 10.5 Å². The van der Waals surface area contributed by atoms with Gasteiger partial charge in [0, 0.05) is 6.26 Å². The number of hydrogen-bond donors (Lipinski definition) is 0. The summed E-state index contributed by atoms with van der Waals surface area (Å²) in [6, 6.07) is 7.31. The Labute approximate surface area is 114 Å². The Balaban J connectivity index is 2.14. The second kappa shape index (κ2) is 5.51. The second-order valence-corrected chi connectivity index (χ2v) is 7.31. The van der Waals surface area contributed by atoms with Crippen molar-refractivity contribution in [3.63, 3.8) is 0 Å². The fourth-order valence-electron chi connectivity index (χ4n) is 2.07. The maximum atomic E-state index is 11.9. The Morgan fingerprint density at radius 1 is 1.26 bits per heavy atom. The Morgan fingerprint density at radius 2 is 1.89 bits per heavy atom. The van der Waals surface area contributed by atoms with Gasteiger partial charge in [-0.15, -0.1) is 0 Å². The lowest BCUT2D eigenvalue weighted by molar-refractivity contribution is -0.0156. The maximum Gasteiger partial charge on any atom is 0.161 e. The molecular formula is C14H20O4S. The standard InChI is InChI=1S/C14H20O4S/c1-3-4-9-18-13-7-5-12(6-8-13)14(10-17-11-14)19(2,15)16/h5-8H,3-4,9-11H2,1-2H3. The Morgan fingerprint density at radius 3 is 2.32 bits per heavy atom. The van der Waals surface area contributed by atoms with Gasteiger partial charge in [0.2, 0.25) is 0 Å². The van der Waals surface area contributed by atoms with Crippen molar-refractivity contribution < 1.29 is 17.9 Å². The van der Waals surface area contributed by atoms with Crippen molar-refractivity contribution in [3.05, 3.63) is 29.8 Å². The van der Waals surface area contributed by atoms with Crippen LogP contribution in [0, 0.1) is 0 Å². The average molecular weight is 284 g/mol. The van der Waals surface area contributed by atoms with Gasteiger partial charge in [0.05, 0.1) is 19.8 Å². The Kier molecular flexibility index (Phi) is 4.16. The molecule has 2 rings (SSSR count). The van der Waals surface area contributed by atoms with Gasteiger partial charge in [-0.05, 0) is 24.1 Å². The van der Waals surface area contributed by atoms with Crippen LogP contribution in [0.2, 0.25) is 0 Å². The van der Waals surface area contributed by atoms with Crippen LogP contribution in [-0.4, -0.2) is 34.5 Å². The van der Waals surface area contributed by atoms with Crippen LogP contribution >= 0.6 is 0 Å². The predicted octanol–water partition coefficient (Wildman–Crippen LogP) is 2.14. The molecule has 19 heavy (non-hydrogen) atoms. The third-order valence-corrected chi connectivity index (χ3v) is 5.42. The molecule has 1 heterocycles. The average Bonchev–Trinajstić information content (AvgIpc) is 2.28. The molecular weight excluding hydrogens is 264 g/mol. The summed E-state index contributed by atoms with van der Waals surface area (Å²) in [5.41, 5.74) is 0.782. The van der Waals surface area contributed by atoms with Crippen molar-refractivity contribution in [2.75, 3.05) is 26.1 Å². The molecule has 4 nitrogen and oxygen atoms in total. The molecule has 0 saturated carbocycles. The van der Waals surface area contributed by atoms with Crippen molar-refractivity contribution in [1.82, 2.24) is 0 Å². The lowest BCUT2D eigenvalue weighted by atomic mass is 9.96. The van der Waals surface area contributed by atoms with E-state index in [9.17, 15) is 8.42 Å². The van der Waals surface area contributed by atoms with Crippen LogP contribution in [0.4, 0.5) is 0 Å². The molecule has 0 amide bonds. The summed E-state index contributed by atoms with van der Waals surface area (Å²) in [5, 5.41) is 0. The summed E-state index contributed by atoms with van der Waals surface area (Å²) in [5.74, 6) is 0.779. The van der Waals surface area contributed by atoms with Crippen molar-refractivity contribution in [3.8, 4) is 5.75 Å². The highest BCUT2D eigenvalue weighted by atomic mass is 32.2. The van der Waals surface area contributed by atoms with E-state index in [1.54, 1.807) is 0 Å². The third kappa shape index (κ3) is 2.77. The van der Waals surface area contributed by atoms with Crippen LogP contribution < -0.4 is 4.74 Å². The van der Waals surface area contributed by atoms with Crippen LogP contribution in [0.3, 0.4) is 0 Å². The number of ether oxygens (including phenoxy) is 2. The first-order valence-electron chi connectivity index (χ1n) is 6.50. The molecule has 5 heteroatoms. The molecule has 0 bridgehead atoms. The first-order chi connectivity index (χ1) is 8.99. The topological polar surface area (TPSA) is 52.6 Å². The van der Waals surface area contributed by atoms with E-state index in [1.807, 2.05) is 24.3 Å². The van der Waals surface area contributed by atoms with Crippen LogP contribution in [0.1, 0.15) is 25.3 Å². The fourth-order valence-corrected chi connectivity index (χ4v) is 3.23. The molecule has 0 aliphatic carbocycles. The highest BCUT2D eigenvalue weighted by Gasteiger charge is 2.49. The lowest BCUT2D eigenvalue weighted by Crippen LogP contribution is -2.52. The summed E-state index contributed by atoms with van der Waals surface area (Å²) in [6.45, 7) is 3.28. The first-order valence-corrected chi connectivity index (χ1v) is 8.39. The maximum absolute atomic E-state index is 11.9. The summed E-state index contributed by atoms with van der Waals surface area (Å²) >= 11 is 0. The largest absolute Gasteiger partial charge is 0.494 e. The van der Waals surface area contributed by atoms with Gasteiger partial charge in [0.15, 0.2) is 9.84 Å². The predicted molar refractivity (Wildman–Crippen MR) is 74.2 cm³/mol. The molecule has 0 atom stereocenters. The van der Waals surface area contributed by atoms with E-state index in [1.165, 1.54) is 6.26 Å². The molecule has 0 radical (unpaired) electrons. The van der Waals surface area contributed by atoms with E-state index in [4.69, 9.17) is 9.47 Å². The zero-order valence-electron chi connectivity index (χ0n) is 11.4. The molecule has 1 aromatic rings. The van der Waals surface area contributed by atoms with Gasteiger partial charge in [-0.3, -0.25) is 0 Å². The van der Waals surface area contributed by atoms with Crippen molar-refractivity contribution in [2.24, 2.45) is 0 Å². The second-order valence-electron chi connectivity index (χ2n) is 4.99. The lowest BCUT2D eigenvalue weighted by Gasteiger charge is -2.39. The smallest absolute Gasteiger partial charge is 0.161 e. The zero-order valence-corrected chi connectivity index (χ0v) is 12.2. The van der Waals surface area contributed by atoms with Gasteiger partial charge in [-0.1, -0.05) is 25.5 Å². The van der Waals surface area contributed by atoms with Gasteiger partial charge in [-0.25, -0.2) is 8.42 Å². The molecule has 1 aliphatic heterocycles. The number of unbranched alkanes of at least 4 members (excludes halogenated alkanes) is 1. The minimum absolute atomic E-state index is 0.238. The highest BCUT2D eigenvalue weighted by Crippen LogP contribution is 2.37. The number of hydrogen-bond acceptors (Lipinski definition) is 4. The van der Waals surface area contributed by atoms with E-state index >= 15 is 0 Å². The molecule has 1 fully saturated rings. The Bertz CT molecular complexity index is 515. The highest BCUT2D eigenvalue weighted by molar-refractivity contribution is 7.91. The molecule has 106 valence electrons. The monoisotopic (exact) mass is 284 g/mol. The van der Waals surface area contributed by atoms with Crippen LogP contribution in [-0.2, 0) is 19.3 Å².